The lowest BCUT2D eigenvalue weighted by Gasteiger charge is -2.32. The van der Waals surface area contributed by atoms with Crippen molar-refractivity contribution in [2.75, 3.05) is 23.7 Å². The molecule has 0 atom stereocenters. The van der Waals surface area contributed by atoms with E-state index in [1.165, 1.54) is 0 Å². The molecule has 1 aromatic rings. The third-order valence-corrected chi connectivity index (χ3v) is 3.35. The zero-order valence-electron chi connectivity index (χ0n) is 10.8. The van der Waals surface area contributed by atoms with Crippen LogP contribution in [0.3, 0.4) is 0 Å². The van der Waals surface area contributed by atoms with Crippen LogP contribution in [0.4, 0.5) is 46.5 Å². The predicted octanol–water partition coefficient (Wildman–Crippen LogP) is 3.63. The van der Waals surface area contributed by atoms with E-state index in [9.17, 15) is 35.1 Å². The van der Waals surface area contributed by atoms with Crippen molar-refractivity contribution in [1.82, 2.24) is 0 Å². The molecular formula is C12H10F8N2. The van der Waals surface area contributed by atoms with Crippen molar-refractivity contribution in [2.24, 2.45) is 0 Å². The number of nitrogens with two attached hydrogens (primary N) is 1. The van der Waals surface area contributed by atoms with Crippen LogP contribution in [-0.2, 0) is 0 Å². The van der Waals surface area contributed by atoms with Gasteiger partial charge in [0.1, 0.15) is 0 Å². The molecule has 0 radical (unpaired) electrons. The van der Waals surface area contributed by atoms with Gasteiger partial charge in [-0.2, -0.15) is 35.1 Å². The van der Waals surface area contributed by atoms with E-state index in [2.05, 4.69) is 0 Å². The fourth-order valence-corrected chi connectivity index (χ4v) is 2.06. The van der Waals surface area contributed by atoms with E-state index < -0.39 is 36.8 Å². The lowest BCUT2D eigenvalue weighted by molar-refractivity contribution is -0.353. The molecule has 1 aromatic carbocycles. The fraction of sp³-hybridized carbons (Fsp3) is 0.500. The van der Waals surface area contributed by atoms with Gasteiger partial charge in [-0.05, 0) is 24.3 Å². The Morgan fingerprint density at radius 3 is 1.45 bits per heavy atom. The summed E-state index contributed by atoms with van der Waals surface area (Å²) < 4.78 is 107. The van der Waals surface area contributed by atoms with Crippen molar-refractivity contribution in [3.05, 3.63) is 24.3 Å². The van der Waals surface area contributed by atoms with Crippen molar-refractivity contribution in [2.45, 2.75) is 23.7 Å². The van der Waals surface area contributed by atoms with Gasteiger partial charge in [0.2, 0.25) is 0 Å². The van der Waals surface area contributed by atoms with Crippen LogP contribution in [0.1, 0.15) is 0 Å². The molecule has 124 valence electrons. The highest BCUT2D eigenvalue weighted by Crippen LogP contribution is 2.55. The second kappa shape index (κ2) is 4.63. The van der Waals surface area contributed by atoms with Gasteiger partial charge in [-0.25, -0.2) is 0 Å². The highest BCUT2D eigenvalue weighted by Gasteiger charge is 2.82. The molecule has 2 rings (SSSR count). The SMILES string of the molecule is Nc1ccc(N2CC(F)(F)C(F)(F)C(F)(F)C(F)(F)C2)cc1. The number of nitrogen functional groups attached to an aromatic ring is 1. The molecule has 0 spiro atoms. The van der Waals surface area contributed by atoms with Gasteiger partial charge in [-0.1, -0.05) is 0 Å². The second-order valence-corrected chi connectivity index (χ2v) is 5.01. The Kier molecular flexibility index (Phi) is 3.50. The summed E-state index contributed by atoms with van der Waals surface area (Å²) in [7, 11) is 0. The molecule has 0 aromatic heterocycles. The smallest absolute Gasteiger partial charge is 0.380 e. The van der Waals surface area contributed by atoms with Crippen molar-refractivity contribution >= 4 is 11.4 Å². The third-order valence-electron chi connectivity index (χ3n) is 3.35. The zero-order chi connectivity index (χ0) is 17.0. The average molecular weight is 334 g/mol. The summed E-state index contributed by atoms with van der Waals surface area (Å²) in [5.41, 5.74) is 5.14. The van der Waals surface area contributed by atoms with E-state index >= 15 is 0 Å². The number of rotatable bonds is 1. The Morgan fingerprint density at radius 2 is 1.09 bits per heavy atom. The number of alkyl halides is 8. The van der Waals surface area contributed by atoms with Crippen molar-refractivity contribution in [3.8, 4) is 0 Å². The van der Waals surface area contributed by atoms with Crippen molar-refractivity contribution in [3.63, 3.8) is 0 Å². The van der Waals surface area contributed by atoms with Gasteiger partial charge in [0.05, 0.1) is 13.1 Å². The maximum absolute atomic E-state index is 13.5. The molecular weight excluding hydrogens is 324 g/mol. The summed E-state index contributed by atoms with van der Waals surface area (Å²) in [5.74, 6) is -23.1. The quantitative estimate of drug-likeness (QED) is 0.628. The minimum atomic E-state index is -6.19. The van der Waals surface area contributed by atoms with E-state index in [0.29, 0.717) is 0 Å². The Bertz CT molecular complexity index is 527. The average Bonchev–Trinajstić information content (AvgIpc) is 2.39. The molecule has 0 amide bonds. The Hall–Kier alpha value is -1.74. The van der Waals surface area contributed by atoms with Gasteiger partial charge in [-0.3, -0.25) is 0 Å². The molecule has 1 fully saturated rings. The highest BCUT2D eigenvalue weighted by atomic mass is 19.4. The van der Waals surface area contributed by atoms with Crippen LogP contribution in [0.15, 0.2) is 24.3 Å². The first-order chi connectivity index (χ1) is 9.82. The van der Waals surface area contributed by atoms with Gasteiger partial charge >= 0.3 is 23.7 Å². The van der Waals surface area contributed by atoms with Crippen LogP contribution < -0.4 is 10.6 Å². The maximum Gasteiger partial charge on any atom is 0.380 e. The lowest BCUT2D eigenvalue weighted by Crippen LogP contribution is -2.61. The van der Waals surface area contributed by atoms with E-state index in [1.807, 2.05) is 0 Å². The minimum Gasteiger partial charge on any atom is -0.399 e. The van der Waals surface area contributed by atoms with Crippen molar-refractivity contribution < 1.29 is 35.1 Å². The van der Waals surface area contributed by atoms with Crippen LogP contribution in [0.25, 0.3) is 0 Å². The molecule has 0 saturated carbocycles. The van der Waals surface area contributed by atoms with E-state index in [1.54, 1.807) is 0 Å². The summed E-state index contributed by atoms with van der Waals surface area (Å²) in [6.45, 7) is -3.95. The van der Waals surface area contributed by atoms with E-state index in [-0.39, 0.29) is 16.3 Å². The highest BCUT2D eigenvalue weighted by molar-refractivity contribution is 5.54. The molecule has 10 heteroatoms. The first-order valence-corrected chi connectivity index (χ1v) is 5.94. The first-order valence-electron chi connectivity index (χ1n) is 5.94. The topological polar surface area (TPSA) is 29.3 Å². The number of halogens is 8. The van der Waals surface area contributed by atoms with Crippen LogP contribution in [0, 0.1) is 0 Å². The molecule has 0 aliphatic carbocycles. The largest absolute Gasteiger partial charge is 0.399 e. The molecule has 1 saturated heterocycles. The molecule has 0 bridgehead atoms. The second-order valence-electron chi connectivity index (χ2n) is 5.01. The summed E-state index contributed by atoms with van der Waals surface area (Å²) >= 11 is 0. The standard InChI is InChI=1S/C12H10F8N2/c13-9(14)5-22(8-3-1-7(21)2-4-8)6-10(15,16)12(19,20)11(9,17)18/h1-4H,5-6,21H2. The van der Waals surface area contributed by atoms with Crippen LogP contribution >= 0.6 is 0 Å². The number of anilines is 2. The molecule has 2 N–H and O–H groups in total. The molecule has 22 heavy (non-hydrogen) atoms. The number of benzene rings is 1. The van der Waals surface area contributed by atoms with Crippen molar-refractivity contribution in [1.29, 1.82) is 0 Å². The molecule has 2 nitrogen and oxygen atoms in total. The van der Waals surface area contributed by atoms with Gasteiger partial charge < -0.3 is 10.6 Å². The normalized spacial score (nSPS) is 25.5. The first kappa shape index (κ1) is 16.6. The fourth-order valence-electron chi connectivity index (χ4n) is 2.06. The Labute approximate surface area is 119 Å². The number of hydrogen-bond acceptors (Lipinski definition) is 2. The van der Waals surface area contributed by atoms with E-state index in [4.69, 9.17) is 5.73 Å². The Morgan fingerprint density at radius 1 is 0.727 bits per heavy atom. The monoisotopic (exact) mass is 334 g/mol. The number of nitrogens with zero attached hydrogens (tertiary/aromatic N) is 1. The molecule has 1 aliphatic heterocycles. The maximum atomic E-state index is 13.5. The molecule has 1 aliphatic rings. The van der Waals surface area contributed by atoms with Crippen LogP contribution in [-0.4, -0.2) is 36.8 Å². The summed E-state index contributed by atoms with van der Waals surface area (Å²) in [6.07, 6.45) is 0. The summed E-state index contributed by atoms with van der Waals surface area (Å²) in [4.78, 5) is 0.0915. The zero-order valence-corrected chi connectivity index (χ0v) is 10.8. The molecule has 1 heterocycles. The van der Waals surface area contributed by atoms with Gasteiger partial charge in [0, 0.05) is 11.4 Å². The molecule has 0 unspecified atom stereocenters. The van der Waals surface area contributed by atoms with Gasteiger partial charge in [-0.15, -0.1) is 0 Å². The lowest BCUT2D eigenvalue weighted by atomic mass is 10.0. The van der Waals surface area contributed by atoms with Crippen LogP contribution in [0.2, 0.25) is 0 Å². The minimum absolute atomic E-state index is 0.0915. The van der Waals surface area contributed by atoms with Gasteiger partial charge in [0.15, 0.2) is 0 Å². The van der Waals surface area contributed by atoms with E-state index in [0.717, 1.165) is 24.3 Å². The van der Waals surface area contributed by atoms with Crippen LogP contribution in [0.5, 0.6) is 0 Å². The summed E-state index contributed by atoms with van der Waals surface area (Å²) in [6, 6.07) is 4.30. The predicted molar refractivity (Wildman–Crippen MR) is 62.9 cm³/mol. The van der Waals surface area contributed by atoms with Gasteiger partial charge in [0.25, 0.3) is 0 Å². The Balaban J connectivity index is 2.51. The summed E-state index contributed by atoms with van der Waals surface area (Å²) in [5, 5.41) is 0. The third kappa shape index (κ3) is 2.24. The number of hydrogen-bond donors (Lipinski definition) is 1.